The minimum absolute atomic E-state index is 0.191. The van der Waals surface area contributed by atoms with Crippen molar-refractivity contribution in [3.05, 3.63) is 30.1 Å². The molecule has 1 heterocycles. The molecule has 1 aromatic rings. The molecular formula is C15H23FN2O. The fourth-order valence-corrected chi connectivity index (χ4v) is 2.49. The molecule has 0 spiro atoms. The largest absolute Gasteiger partial charge is 0.379 e. The number of nitrogens with one attached hydrogen (secondary N) is 1. The minimum Gasteiger partial charge on any atom is -0.379 e. The van der Waals surface area contributed by atoms with Gasteiger partial charge in [-0.25, -0.2) is 4.39 Å². The van der Waals surface area contributed by atoms with Crippen molar-refractivity contribution in [2.45, 2.75) is 19.4 Å². The van der Waals surface area contributed by atoms with Gasteiger partial charge in [0.15, 0.2) is 0 Å². The Balaban J connectivity index is 1.90. The number of ether oxygens (including phenoxy) is 1. The lowest BCUT2D eigenvalue weighted by Gasteiger charge is -2.26. The normalized spacial score (nSPS) is 22.7. The SMILES string of the molecule is CCCNC1COCC1CN(C)c1ccc(F)cc1. The van der Waals surface area contributed by atoms with E-state index in [1.807, 2.05) is 19.2 Å². The van der Waals surface area contributed by atoms with Gasteiger partial charge in [0.2, 0.25) is 0 Å². The Morgan fingerprint density at radius 3 is 2.74 bits per heavy atom. The topological polar surface area (TPSA) is 24.5 Å². The first-order valence-electron chi connectivity index (χ1n) is 6.98. The Kier molecular flexibility index (Phi) is 5.16. The molecule has 19 heavy (non-hydrogen) atoms. The molecule has 0 saturated carbocycles. The monoisotopic (exact) mass is 266 g/mol. The van der Waals surface area contributed by atoms with Crippen LogP contribution in [0, 0.1) is 11.7 Å². The van der Waals surface area contributed by atoms with E-state index in [9.17, 15) is 4.39 Å². The second-order valence-corrected chi connectivity index (χ2v) is 5.22. The van der Waals surface area contributed by atoms with Gasteiger partial charge in [-0.05, 0) is 37.2 Å². The van der Waals surface area contributed by atoms with Gasteiger partial charge in [-0.2, -0.15) is 0 Å². The van der Waals surface area contributed by atoms with Crippen LogP contribution in [0.1, 0.15) is 13.3 Å². The summed E-state index contributed by atoms with van der Waals surface area (Å²) in [6.07, 6.45) is 1.14. The van der Waals surface area contributed by atoms with E-state index in [2.05, 4.69) is 17.1 Å². The molecule has 0 bridgehead atoms. The van der Waals surface area contributed by atoms with Crippen LogP contribution in [0.4, 0.5) is 10.1 Å². The van der Waals surface area contributed by atoms with Gasteiger partial charge in [-0.3, -0.25) is 0 Å². The molecule has 1 saturated heterocycles. The summed E-state index contributed by atoms with van der Waals surface area (Å²) in [4.78, 5) is 2.17. The summed E-state index contributed by atoms with van der Waals surface area (Å²) in [6.45, 7) is 5.72. The molecular weight excluding hydrogens is 243 g/mol. The van der Waals surface area contributed by atoms with Crippen LogP contribution in [-0.2, 0) is 4.74 Å². The molecule has 1 aliphatic rings. The molecule has 106 valence electrons. The Labute approximate surface area is 114 Å². The third kappa shape index (κ3) is 3.91. The first-order chi connectivity index (χ1) is 9.20. The third-order valence-corrected chi connectivity index (χ3v) is 3.63. The van der Waals surface area contributed by atoms with Gasteiger partial charge in [-0.1, -0.05) is 6.92 Å². The number of benzene rings is 1. The molecule has 2 atom stereocenters. The van der Waals surface area contributed by atoms with E-state index in [0.29, 0.717) is 12.0 Å². The van der Waals surface area contributed by atoms with Crippen LogP contribution in [0.25, 0.3) is 0 Å². The highest BCUT2D eigenvalue weighted by atomic mass is 19.1. The quantitative estimate of drug-likeness (QED) is 0.855. The number of hydrogen-bond donors (Lipinski definition) is 1. The number of nitrogens with zero attached hydrogens (tertiary/aromatic N) is 1. The summed E-state index contributed by atoms with van der Waals surface area (Å²) in [6, 6.07) is 7.08. The van der Waals surface area contributed by atoms with Crippen molar-refractivity contribution in [2.24, 2.45) is 5.92 Å². The van der Waals surface area contributed by atoms with Crippen molar-refractivity contribution in [3.8, 4) is 0 Å². The lowest BCUT2D eigenvalue weighted by Crippen LogP contribution is -2.41. The lowest BCUT2D eigenvalue weighted by molar-refractivity contribution is 0.183. The number of halogens is 1. The van der Waals surface area contributed by atoms with Crippen LogP contribution in [0.15, 0.2) is 24.3 Å². The molecule has 0 radical (unpaired) electrons. The average Bonchev–Trinajstić information content (AvgIpc) is 2.84. The van der Waals surface area contributed by atoms with Crippen LogP contribution in [0.5, 0.6) is 0 Å². The number of hydrogen-bond acceptors (Lipinski definition) is 3. The van der Waals surface area contributed by atoms with E-state index < -0.39 is 0 Å². The van der Waals surface area contributed by atoms with Crippen LogP contribution < -0.4 is 10.2 Å². The summed E-state index contributed by atoms with van der Waals surface area (Å²) < 4.78 is 18.5. The van der Waals surface area contributed by atoms with E-state index in [1.165, 1.54) is 12.1 Å². The maximum atomic E-state index is 12.9. The molecule has 1 N–H and O–H groups in total. The van der Waals surface area contributed by atoms with Crippen LogP contribution in [0.2, 0.25) is 0 Å². The molecule has 2 rings (SSSR count). The fraction of sp³-hybridized carbons (Fsp3) is 0.600. The number of anilines is 1. The van der Waals surface area contributed by atoms with Gasteiger partial charge in [-0.15, -0.1) is 0 Å². The molecule has 1 fully saturated rings. The molecule has 3 nitrogen and oxygen atoms in total. The van der Waals surface area contributed by atoms with E-state index in [1.54, 1.807) is 0 Å². The highest BCUT2D eigenvalue weighted by molar-refractivity contribution is 5.45. The summed E-state index contributed by atoms with van der Waals surface area (Å²) in [7, 11) is 2.04. The Hall–Kier alpha value is -1.13. The summed E-state index contributed by atoms with van der Waals surface area (Å²) in [5.41, 5.74) is 1.04. The average molecular weight is 266 g/mol. The molecule has 2 unspecified atom stereocenters. The van der Waals surface area contributed by atoms with Crippen LogP contribution in [-0.4, -0.2) is 39.4 Å². The second kappa shape index (κ2) is 6.87. The third-order valence-electron chi connectivity index (χ3n) is 3.63. The summed E-state index contributed by atoms with van der Waals surface area (Å²) >= 11 is 0. The van der Waals surface area contributed by atoms with Gasteiger partial charge in [0, 0.05) is 31.2 Å². The van der Waals surface area contributed by atoms with Crippen molar-refractivity contribution in [2.75, 3.05) is 38.3 Å². The van der Waals surface area contributed by atoms with E-state index in [0.717, 1.165) is 38.4 Å². The zero-order valence-electron chi connectivity index (χ0n) is 11.7. The van der Waals surface area contributed by atoms with Gasteiger partial charge < -0.3 is 15.0 Å². The smallest absolute Gasteiger partial charge is 0.123 e. The molecule has 0 amide bonds. The van der Waals surface area contributed by atoms with Crippen molar-refractivity contribution >= 4 is 5.69 Å². The second-order valence-electron chi connectivity index (χ2n) is 5.22. The highest BCUT2D eigenvalue weighted by Crippen LogP contribution is 2.19. The Bertz CT molecular complexity index is 382. The Morgan fingerprint density at radius 1 is 1.32 bits per heavy atom. The zero-order valence-corrected chi connectivity index (χ0v) is 11.7. The van der Waals surface area contributed by atoms with E-state index in [-0.39, 0.29) is 5.82 Å². The van der Waals surface area contributed by atoms with Crippen molar-refractivity contribution in [1.29, 1.82) is 0 Å². The predicted molar refractivity (Wildman–Crippen MR) is 76.1 cm³/mol. The van der Waals surface area contributed by atoms with Crippen LogP contribution in [0.3, 0.4) is 0 Å². The van der Waals surface area contributed by atoms with Gasteiger partial charge >= 0.3 is 0 Å². The first kappa shape index (κ1) is 14.3. The van der Waals surface area contributed by atoms with Gasteiger partial charge in [0.1, 0.15) is 5.82 Å². The fourth-order valence-electron chi connectivity index (χ4n) is 2.49. The number of rotatable bonds is 6. The maximum absolute atomic E-state index is 12.9. The standard InChI is InChI=1S/C15H23FN2O/c1-3-8-17-15-11-19-10-12(15)9-18(2)14-6-4-13(16)5-7-14/h4-7,12,15,17H,3,8-11H2,1-2H3. The van der Waals surface area contributed by atoms with E-state index in [4.69, 9.17) is 4.74 Å². The van der Waals surface area contributed by atoms with Crippen LogP contribution >= 0.6 is 0 Å². The zero-order chi connectivity index (χ0) is 13.7. The Morgan fingerprint density at radius 2 is 2.05 bits per heavy atom. The predicted octanol–water partition coefficient (Wildman–Crippen LogP) is 2.28. The summed E-state index contributed by atoms with van der Waals surface area (Å²) in [5.74, 6) is 0.297. The van der Waals surface area contributed by atoms with Gasteiger partial charge in [0.05, 0.1) is 13.2 Å². The minimum atomic E-state index is -0.191. The van der Waals surface area contributed by atoms with Crippen molar-refractivity contribution in [3.63, 3.8) is 0 Å². The van der Waals surface area contributed by atoms with E-state index >= 15 is 0 Å². The highest BCUT2D eigenvalue weighted by Gasteiger charge is 2.28. The molecule has 4 heteroatoms. The van der Waals surface area contributed by atoms with Crippen molar-refractivity contribution in [1.82, 2.24) is 5.32 Å². The van der Waals surface area contributed by atoms with Gasteiger partial charge in [0.25, 0.3) is 0 Å². The molecule has 0 aliphatic carbocycles. The summed E-state index contributed by atoms with van der Waals surface area (Å²) in [5, 5.41) is 3.54. The molecule has 1 aromatic carbocycles. The molecule has 0 aromatic heterocycles. The maximum Gasteiger partial charge on any atom is 0.123 e. The lowest BCUT2D eigenvalue weighted by atomic mass is 10.0. The first-order valence-corrected chi connectivity index (χ1v) is 6.98. The van der Waals surface area contributed by atoms with Crippen molar-refractivity contribution < 1.29 is 9.13 Å². The molecule has 1 aliphatic heterocycles.